The van der Waals surface area contributed by atoms with Crippen LogP contribution < -0.4 is 15.7 Å². The molecule has 0 aliphatic carbocycles. The minimum Gasteiger partial charge on any atom is -0.424 e. The zero-order valence-electron chi connectivity index (χ0n) is 23.1. The Bertz CT molecular complexity index is 1170. The Balaban J connectivity index is 1.49. The van der Waals surface area contributed by atoms with Crippen LogP contribution in [0.4, 0.5) is 4.39 Å². The first kappa shape index (κ1) is 29.4. The number of likely N-dealkylation sites (N-methyl/N-ethyl adjacent to an activating group) is 1. The summed E-state index contributed by atoms with van der Waals surface area (Å²) in [4.78, 5) is 14.4. The summed E-state index contributed by atoms with van der Waals surface area (Å²) in [6.07, 6.45) is 1.94. The van der Waals surface area contributed by atoms with Crippen molar-refractivity contribution >= 4 is 36.0 Å². The number of halogens is 1. The van der Waals surface area contributed by atoms with Crippen molar-refractivity contribution in [3.05, 3.63) is 96.3 Å². The highest BCUT2D eigenvalue weighted by atomic mass is 32.1. The Morgan fingerprint density at radius 3 is 2.05 bits per heavy atom. The first-order valence-electron chi connectivity index (χ1n) is 13.5. The predicted octanol–water partition coefficient (Wildman–Crippen LogP) is 5.09. The van der Waals surface area contributed by atoms with Crippen LogP contribution in [0.5, 0.6) is 0 Å². The van der Waals surface area contributed by atoms with Crippen molar-refractivity contribution in [3.8, 4) is 0 Å². The van der Waals surface area contributed by atoms with Crippen molar-refractivity contribution in [3.63, 3.8) is 0 Å². The van der Waals surface area contributed by atoms with Crippen LogP contribution in [0.25, 0.3) is 0 Å². The summed E-state index contributed by atoms with van der Waals surface area (Å²) in [6.45, 7) is 6.74. The molecule has 39 heavy (non-hydrogen) atoms. The molecule has 0 aromatic heterocycles. The van der Waals surface area contributed by atoms with Gasteiger partial charge in [0.15, 0.2) is 17.7 Å². The lowest BCUT2D eigenvalue weighted by Gasteiger charge is -2.41. The highest BCUT2D eigenvalue weighted by molar-refractivity contribution is 7.80. The summed E-state index contributed by atoms with van der Waals surface area (Å²) < 4.78 is 24.8. The van der Waals surface area contributed by atoms with Crippen LogP contribution in [0.15, 0.2) is 84.9 Å². The fraction of sp³-hybridized carbons (Fsp3) is 0.387. The first-order valence-corrected chi connectivity index (χ1v) is 15.9. The molecule has 1 atom stereocenters. The van der Waals surface area contributed by atoms with E-state index in [0.717, 1.165) is 35.2 Å². The van der Waals surface area contributed by atoms with Crippen LogP contribution in [0, 0.1) is 5.82 Å². The molecule has 1 aliphatic rings. The van der Waals surface area contributed by atoms with E-state index in [-0.39, 0.29) is 29.5 Å². The molecule has 0 bridgehead atoms. The number of nitrogens with one attached hydrogen (secondary N) is 1. The maximum absolute atomic E-state index is 13.7. The molecule has 1 heterocycles. The van der Waals surface area contributed by atoms with E-state index in [9.17, 15) is 9.19 Å². The monoisotopic (exact) mass is 566 g/mol. The van der Waals surface area contributed by atoms with Crippen LogP contribution in [0.2, 0.25) is 5.04 Å². The third-order valence-electron chi connectivity index (χ3n) is 7.68. The van der Waals surface area contributed by atoms with E-state index in [1.807, 2.05) is 55.3 Å². The van der Waals surface area contributed by atoms with E-state index in [1.54, 1.807) is 12.1 Å². The number of hydrogen-bond acceptors (Lipinski definition) is 4. The Kier molecular flexibility index (Phi) is 9.56. The molecule has 1 aliphatic heterocycles. The SMILES string of the molecule is CC1OC(CN(C)C(=S)NC(CCCC(C)(C)[Si](O)(c2ccccc2)c2ccccc2)c2ccc(F)cc2)O1. The summed E-state index contributed by atoms with van der Waals surface area (Å²) in [5.74, 6) is -0.270. The van der Waals surface area contributed by atoms with Gasteiger partial charge in [0.05, 0.1) is 12.6 Å². The summed E-state index contributed by atoms with van der Waals surface area (Å²) >= 11 is 5.71. The maximum Gasteiger partial charge on any atom is 0.258 e. The van der Waals surface area contributed by atoms with Crippen molar-refractivity contribution < 1.29 is 18.7 Å². The van der Waals surface area contributed by atoms with Gasteiger partial charge in [0.2, 0.25) is 0 Å². The number of nitrogens with zero attached hydrogens (tertiary/aromatic N) is 1. The number of thiocarbonyl (C=S) groups is 1. The second kappa shape index (κ2) is 12.7. The van der Waals surface area contributed by atoms with E-state index in [0.29, 0.717) is 11.7 Å². The molecular weight excluding hydrogens is 528 g/mol. The van der Waals surface area contributed by atoms with Crippen molar-refractivity contribution in [1.82, 2.24) is 10.2 Å². The number of hydrogen-bond donors (Lipinski definition) is 2. The average Bonchev–Trinajstić information content (AvgIpc) is 2.92. The Labute approximate surface area is 238 Å². The molecule has 5 nitrogen and oxygen atoms in total. The molecule has 0 radical (unpaired) electrons. The van der Waals surface area contributed by atoms with Crippen molar-refractivity contribution in [2.24, 2.45) is 0 Å². The molecule has 4 rings (SSSR count). The summed E-state index contributed by atoms with van der Waals surface area (Å²) in [5.41, 5.74) is 0.966. The van der Waals surface area contributed by atoms with E-state index in [2.05, 4.69) is 43.4 Å². The van der Waals surface area contributed by atoms with Crippen LogP contribution in [-0.4, -0.2) is 49.3 Å². The number of ether oxygens (including phenoxy) is 2. The standard InChI is InChI=1S/C31H39FN2O3SSi/c1-23-36-29(37-23)22-34(4)30(38)33-28(24-17-19-25(32)20-18-24)16-11-21-31(2,3)39(35,26-12-7-5-8-13-26)27-14-9-6-10-15-27/h5-10,12-15,17-20,23,28-29,35H,11,16,21-22H2,1-4H3,(H,33,38). The zero-order valence-corrected chi connectivity index (χ0v) is 25.0. The maximum atomic E-state index is 13.7. The Morgan fingerprint density at radius 2 is 1.54 bits per heavy atom. The van der Waals surface area contributed by atoms with Gasteiger partial charge >= 0.3 is 0 Å². The van der Waals surface area contributed by atoms with Crippen molar-refractivity contribution in [2.45, 2.75) is 63.7 Å². The quantitative estimate of drug-likeness (QED) is 0.249. The van der Waals surface area contributed by atoms with Crippen molar-refractivity contribution in [2.75, 3.05) is 13.6 Å². The molecule has 0 spiro atoms. The van der Waals surface area contributed by atoms with Gasteiger partial charge in [-0.05, 0) is 65.1 Å². The topological polar surface area (TPSA) is 54.0 Å². The average molecular weight is 567 g/mol. The Hall–Kier alpha value is -2.62. The van der Waals surface area contributed by atoms with Crippen LogP contribution in [-0.2, 0) is 9.47 Å². The lowest BCUT2D eigenvalue weighted by atomic mass is 9.97. The molecule has 2 N–H and O–H groups in total. The van der Waals surface area contributed by atoms with Crippen molar-refractivity contribution in [1.29, 1.82) is 0 Å². The van der Waals surface area contributed by atoms with Gasteiger partial charge in [-0.15, -0.1) is 0 Å². The highest BCUT2D eigenvalue weighted by Gasteiger charge is 2.49. The molecule has 3 aromatic carbocycles. The molecular formula is C31H39FN2O3SSi. The van der Waals surface area contributed by atoms with E-state index in [4.69, 9.17) is 21.7 Å². The fourth-order valence-electron chi connectivity index (χ4n) is 5.34. The van der Waals surface area contributed by atoms with E-state index in [1.165, 1.54) is 12.1 Å². The lowest BCUT2D eigenvalue weighted by Crippen LogP contribution is -2.65. The molecule has 8 heteroatoms. The Morgan fingerprint density at radius 1 is 1.00 bits per heavy atom. The van der Waals surface area contributed by atoms with Gasteiger partial charge < -0.3 is 24.5 Å². The third kappa shape index (κ3) is 6.94. The van der Waals surface area contributed by atoms with Crippen LogP contribution in [0.1, 0.15) is 51.6 Å². The van der Waals surface area contributed by atoms with Gasteiger partial charge in [-0.2, -0.15) is 0 Å². The minimum atomic E-state index is -3.09. The molecule has 208 valence electrons. The minimum absolute atomic E-state index is 0.110. The molecule has 1 fully saturated rings. The molecule has 1 unspecified atom stereocenters. The van der Waals surface area contributed by atoms with Gasteiger partial charge in [-0.25, -0.2) is 4.39 Å². The second-order valence-corrected chi connectivity index (χ2v) is 15.2. The van der Waals surface area contributed by atoms with Gasteiger partial charge in [-0.1, -0.05) is 93.1 Å². The third-order valence-corrected chi connectivity index (χ3v) is 12.7. The summed E-state index contributed by atoms with van der Waals surface area (Å²) in [5, 5.41) is 5.72. The van der Waals surface area contributed by atoms with Gasteiger partial charge in [0.25, 0.3) is 8.32 Å². The molecule has 0 saturated carbocycles. The lowest BCUT2D eigenvalue weighted by molar-refractivity contribution is -0.375. The molecule has 3 aromatic rings. The highest BCUT2D eigenvalue weighted by Crippen LogP contribution is 2.41. The molecule has 1 saturated heterocycles. The molecule has 0 amide bonds. The summed E-state index contributed by atoms with van der Waals surface area (Å²) in [7, 11) is -1.19. The normalized spacial score (nSPS) is 18.2. The zero-order chi connectivity index (χ0) is 28.0. The predicted molar refractivity (Wildman–Crippen MR) is 161 cm³/mol. The van der Waals surface area contributed by atoms with Crippen LogP contribution in [0.3, 0.4) is 0 Å². The van der Waals surface area contributed by atoms with Crippen LogP contribution >= 0.6 is 12.2 Å². The fourth-order valence-corrected chi connectivity index (χ4v) is 9.34. The first-order chi connectivity index (χ1) is 18.6. The smallest absolute Gasteiger partial charge is 0.258 e. The number of rotatable bonds is 11. The van der Waals surface area contributed by atoms with Gasteiger partial charge in [0, 0.05) is 7.05 Å². The van der Waals surface area contributed by atoms with E-state index >= 15 is 0 Å². The van der Waals surface area contributed by atoms with E-state index < -0.39 is 8.32 Å². The van der Waals surface area contributed by atoms with Gasteiger partial charge in [0.1, 0.15) is 5.82 Å². The largest absolute Gasteiger partial charge is 0.424 e. The van der Waals surface area contributed by atoms with Gasteiger partial charge in [-0.3, -0.25) is 0 Å². The summed E-state index contributed by atoms with van der Waals surface area (Å²) in [6, 6.07) is 26.6. The number of benzene rings is 3. The second-order valence-electron chi connectivity index (χ2n) is 10.9.